The second kappa shape index (κ2) is 5.76. The number of aliphatic hydroxyl groups is 1. The van der Waals surface area contributed by atoms with E-state index >= 15 is 0 Å². The lowest BCUT2D eigenvalue weighted by Gasteiger charge is -2.10. The standard InChI is InChI=1S/C14H16BrN3O2/c1-9(19)11-5-4-10(8-12(11)15)18-7-6-13(16-18)14(20)17(2)3/h4-9,19H,1-3H3. The molecule has 1 atom stereocenters. The lowest BCUT2D eigenvalue weighted by Crippen LogP contribution is -2.22. The van der Waals surface area contributed by atoms with Gasteiger partial charge >= 0.3 is 0 Å². The summed E-state index contributed by atoms with van der Waals surface area (Å²) in [6.07, 6.45) is 1.20. The molecule has 0 saturated heterocycles. The lowest BCUT2D eigenvalue weighted by atomic mass is 10.1. The number of rotatable bonds is 3. The zero-order valence-corrected chi connectivity index (χ0v) is 13.1. The van der Waals surface area contributed by atoms with Crippen LogP contribution in [0.15, 0.2) is 34.9 Å². The Morgan fingerprint density at radius 1 is 1.40 bits per heavy atom. The van der Waals surface area contributed by atoms with Gasteiger partial charge in [-0.1, -0.05) is 22.0 Å². The molecule has 0 saturated carbocycles. The number of halogens is 1. The maximum absolute atomic E-state index is 11.8. The normalized spacial score (nSPS) is 12.2. The summed E-state index contributed by atoms with van der Waals surface area (Å²) in [7, 11) is 3.38. The van der Waals surface area contributed by atoms with Gasteiger partial charge in [-0.3, -0.25) is 4.79 Å². The van der Waals surface area contributed by atoms with Crippen LogP contribution in [-0.2, 0) is 0 Å². The molecule has 0 fully saturated rings. The SMILES string of the molecule is CC(O)c1ccc(-n2ccc(C(=O)N(C)C)n2)cc1Br. The van der Waals surface area contributed by atoms with Crippen molar-refractivity contribution >= 4 is 21.8 Å². The molecule has 0 bridgehead atoms. The van der Waals surface area contributed by atoms with Crippen molar-refractivity contribution in [3.8, 4) is 5.69 Å². The Morgan fingerprint density at radius 2 is 2.10 bits per heavy atom. The molecule has 1 N–H and O–H groups in total. The summed E-state index contributed by atoms with van der Waals surface area (Å²) < 4.78 is 2.44. The van der Waals surface area contributed by atoms with Crippen LogP contribution in [0.25, 0.3) is 5.69 Å². The third-order valence-electron chi connectivity index (χ3n) is 2.91. The number of hydrogen-bond acceptors (Lipinski definition) is 3. The van der Waals surface area contributed by atoms with Crippen molar-refractivity contribution in [3.63, 3.8) is 0 Å². The van der Waals surface area contributed by atoms with Crippen LogP contribution in [0.1, 0.15) is 29.1 Å². The van der Waals surface area contributed by atoms with Gasteiger partial charge in [-0.05, 0) is 30.7 Å². The highest BCUT2D eigenvalue weighted by molar-refractivity contribution is 9.10. The summed E-state index contributed by atoms with van der Waals surface area (Å²) in [5.41, 5.74) is 2.02. The highest BCUT2D eigenvalue weighted by Gasteiger charge is 2.13. The first-order valence-corrected chi connectivity index (χ1v) is 6.94. The molecule has 2 rings (SSSR count). The van der Waals surface area contributed by atoms with Gasteiger partial charge in [-0.25, -0.2) is 4.68 Å². The van der Waals surface area contributed by atoms with Crippen LogP contribution >= 0.6 is 15.9 Å². The van der Waals surface area contributed by atoms with Crippen LogP contribution in [0.3, 0.4) is 0 Å². The van der Waals surface area contributed by atoms with Gasteiger partial charge < -0.3 is 10.0 Å². The monoisotopic (exact) mass is 337 g/mol. The number of carbonyl (C=O) groups excluding carboxylic acids is 1. The minimum absolute atomic E-state index is 0.136. The lowest BCUT2D eigenvalue weighted by molar-refractivity contribution is 0.0821. The van der Waals surface area contributed by atoms with E-state index in [9.17, 15) is 9.90 Å². The Hall–Kier alpha value is -1.66. The molecule has 0 aliphatic heterocycles. The largest absolute Gasteiger partial charge is 0.389 e. The minimum Gasteiger partial charge on any atom is -0.389 e. The summed E-state index contributed by atoms with van der Waals surface area (Å²) in [6, 6.07) is 7.22. The van der Waals surface area contributed by atoms with Crippen molar-refractivity contribution in [1.82, 2.24) is 14.7 Å². The average molecular weight is 338 g/mol. The van der Waals surface area contributed by atoms with Crippen LogP contribution in [0, 0.1) is 0 Å². The van der Waals surface area contributed by atoms with E-state index in [2.05, 4.69) is 21.0 Å². The third kappa shape index (κ3) is 2.91. The number of nitrogens with zero attached hydrogens (tertiary/aromatic N) is 3. The molecule has 106 valence electrons. The van der Waals surface area contributed by atoms with E-state index in [0.29, 0.717) is 5.69 Å². The molecular weight excluding hydrogens is 322 g/mol. The molecule has 1 aromatic heterocycles. The van der Waals surface area contributed by atoms with Gasteiger partial charge in [0.05, 0.1) is 11.8 Å². The summed E-state index contributed by atoms with van der Waals surface area (Å²) >= 11 is 3.43. The topological polar surface area (TPSA) is 58.4 Å². The first kappa shape index (κ1) is 14.7. The quantitative estimate of drug-likeness (QED) is 0.935. The molecule has 6 heteroatoms. The highest BCUT2D eigenvalue weighted by Crippen LogP contribution is 2.25. The summed E-state index contributed by atoms with van der Waals surface area (Å²) in [4.78, 5) is 13.3. The third-order valence-corrected chi connectivity index (χ3v) is 3.60. The van der Waals surface area contributed by atoms with Gasteiger partial charge in [0.1, 0.15) is 0 Å². The Bertz CT molecular complexity index is 635. The number of amides is 1. The predicted octanol–water partition coefficient (Wildman–Crippen LogP) is 2.39. The van der Waals surface area contributed by atoms with E-state index in [1.54, 1.807) is 38.0 Å². The minimum atomic E-state index is -0.540. The maximum Gasteiger partial charge on any atom is 0.273 e. The van der Waals surface area contributed by atoms with E-state index in [0.717, 1.165) is 15.7 Å². The number of hydrogen-bond donors (Lipinski definition) is 1. The average Bonchev–Trinajstić information content (AvgIpc) is 2.86. The van der Waals surface area contributed by atoms with Crippen molar-refractivity contribution in [1.29, 1.82) is 0 Å². The van der Waals surface area contributed by atoms with Gasteiger partial charge in [0.2, 0.25) is 0 Å². The fourth-order valence-electron chi connectivity index (χ4n) is 1.81. The zero-order chi connectivity index (χ0) is 14.9. The van der Waals surface area contributed by atoms with Crippen molar-refractivity contribution in [3.05, 3.63) is 46.2 Å². The zero-order valence-electron chi connectivity index (χ0n) is 11.5. The molecule has 0 aliphatic carbocycles. The van der Waals surface area contributed by atoms with Crippen LogP contribution in [0.5, 0.6) is 0 Å². The van der Waals surface area contributed by atoms with E-state index in [-0.39, 0.29) is 5.91 Å². The molecule has 5 nitrogen and oxygen atoms in total. The van der Waals surface area contributed by atoms with Gasteiger partial charge in [0, 0.05) is 24.8 Å². The van der Waals surface area contributed by atoms with E-state index in [1.165, 1.54) is 4.90 Å². The Kier molecular flexibility index (Phi) is 4.25. The molecule has 1 amide bonds. The van der Waals surface area contributed by atoms with Gasteiger partial charge in [0.15, 0.2) is 5.69 Å². The molecule has 0 aliphatic rings. The Balaban J connectivity index is 2.33. The van der Waals surface area contributed by atoms with Crippen LogP contribution < -0.4 is 0 Å². The molecule has 0 radical (unpaired) electrons. The molecule has 0 spiro atoms. The first-order chi connectivity index (χ1) is 9.40. The van der Waals surface area contributed by atoms with Crippen molar-refractivity contribution in [2.45, 2.75) is 13.0 Å². The summed E-state index contributed by atoms with van der Waals surface area (Å²) in [5, 5.41) is 13.9. The maximum atomic E-state index is 11.8. The fourth-order valence-corrected chi connectivity index (χ4v) is 2.51. The summed E-state index contributed by atoms with van der Waals surface area (Å²) in [5.74, 6) is -0.136. The van der Waals surface area contributed by atoms with Crippen molar-refractivity contribution in [2.75, 3.05) is 14.1 Å². The Morgan fingerprint density at radius 3 is 2.65 bits per heavy atom. The molecule has 20 heavy (non-hydrogen) atoms. The smallest absolute Gasteiger partial charge is 0.273 e. The first-order valence-electron chi connectivity index (χ1n) is 6.15. The van der Waals surface area contributed by atoms with E-state index in [4.69, 9.17) is 0 Å². The highest BCUT2D eigenvalue weighted by atomic mass is 79.9. The van der Waals surface area contributed by atoms with E-state index in [1.807, 2.05) is 18.2 Å². The molecule has 1 aromatic carbocycles. The van der Waals surface area contributed by atoms with Crippen LogP contribution in [0.4, 0.5) is 0 Å². The number of carbonyl (C=O) groups is 1. The van der Waals surface area contributed by atoms with E-state index < -0.39 is 6.10 Å². The molecule has 1 unspecified atom stereocenters. The van der Waals surface area contributed by atoms with Gasteiger partial charge in [-0.2, -0.15) is 5.10 Å². The van der Waals surface area contributed by atoms with Gasteiger partial charge in [0.25, 0.3) is 5.91 Å². The fraction of sp³-hybridized carbons (Fsp3) is 0.286. The molecule has 1 heterocycles. The van der Waals surface area contributed by atoms with Crippen molar-refractivity contribution in [2.24, 2.45) is 0 Å². The predicted molar refractivity (Wildman–Crippen MR) is 79.9 cm³/mol. The number of benzene rings is 1. The van der Waals surface area contributed by atoms with Crippen molar-refractivity contribution < 1.29 is 9.90 Å². The molecular formula is C14H16BrN3O2. The van der Waals surface area contributed by atoms with Crippen LogP contribution in [-0.4, -0.2) is 39.8 Å². The summed E-state index contributed by atoms with van der Waals surface area (Å²) in [6.45, 7) is 1.71. The van der Waals surface area contributed by atoms with Gasteiger partial charge in [-0.15, -0.1) is 0 Å². The molecule has 2 aromatic rings. The second-order valence-corrected chi connectivity index (χ2v) is 5.58. The number of aliphatic hydroxyl groups excluding tert-OH is 1. The number of aromatic nitrogens is 2. The second-order valence-electron chi connectivity index (χ2n) is 4.73. The Labute approximate surface area is 126 Å². The van der Waals surface area contributed by atoms with Crippen LogP contribution in [0.2, 0.25) is 0 Å².